The van der Waals surface area contributed by atoms with Crippen molar-refractivity contribution in [2.45, 2.75) is 31.9 Å². The molecular formula is C16H22N6O2. The molecule has 8 heteroatoms. The van der Waals surface area contributed by atoms with Gasteiger partial charge in [0, 0.05) is 39.1 Å². The van der Waals surface area contributed by atoms with E-state index in [1.165, 1.54) is 12.8 Å². The number of nitrogens with zero attached hydrogens (tertiary/aromatic N) is 6. The van der Waals surface area contributed by atoms with Crippen molar-refractivity contribution in [3.8, 4) is 0 Å². The maximum Gasteiger partial charge on any atom is 0.289 e. The maximum atomic E-state index is 12.5. The van der Waals surface area contributed by atoms with Crippen LogP contribution >= 0.6 is 0 Å². The van der Waals surface area contributed by atoms with Gasteiger partial charge in [-0.15, -0.1) is 5.10 Å². The fraction of sp³-hybridized carbons (Fsp3) is 0.625. The minimum absolute atomic E-state index is 0.0295. The Kier molecular flexibility index (Phi) is 4.05. The summed E-state index contributed by atoms with van der Waals surface area (Å²) in [5, 5.41) is 8.39. The van der Waals surface area contributed by atoms with Gasteiger partial charge in [-0.05, 0) is 25.2 Å². The molecule has 2 fully saturated rings. The van der Waals surface area contributed by atoms with Crippen LogP contribution in [0.25, 0.3) is 0 Å². The van der Waals surface area contributed by atoms with Crippen molar-refractivity contribution in [2.24, 2.45) is 13.0 Å². The van der Waals surface area contributed by atoms with E-state index in [2.05, 4.69) is 15.3 Å². The van der Waals surface area contributed by atoms with Crippen molar-refractivity contribution in [1.82, 2.24) is 29.4 Å². The van der Waals surface area contributed by atoms with E-state index in [4.69, 9.17) is 4.74 Å². The van der Waals surface area contributed by atoms with Crippen LogP contribution in [-0.4, -0.2) is 55.0 Å². The fourth-order valence-corrected chi connectivity index (χ4v) is 3.03. The zero-order valence-corrected chi connectivity index (χ0v) is 13.8. The van der Waals surface area contributed by atoms with E-state index in [0.29, 0.717) is 25.5 Å². The third kappa shape index (κ3) is 3.19. The number of rotatable bonds is 6. The highest BCUT2D eigenvalue weighted by atomic mass is 16.5. The number of carbonyl (C=O) groups is 1. The van der Waals surface area contributed by atoms with Gasteiger partial charge in [-0.2, -0.15) is 0 Å². The summed E-state index contributed by atoms with van der Waals surface area (Å²) in [6.45, 7) is 2.68. The molecule has 8 nitrogen and oxygen atoms in total. The molecule has 1 aliphatic heterocycles. The number of likely N-dealkylation sites (tertiary alicyclic amines) is 1. The van der Waals surface area contributed by atoms with E-state index < -0.39 is 0 Å². The molecule has 1 unspecified atom stereocenters. The fourth-order valence-electron chi connectivity index (χ4n) is 3.03. The molecule has 2 aliphatic rings. The average Bonchev–Trinajstić information content (AvgIpc) is 2.98. The molecule has 0 bridgehead atoms. The molecule has 1 saturated carbocycles. The second-order valence-electron chi connectivity index (χ2n) is 6.70. The standard InChI is InChI=1S/C16H22N6O2/c1-20-7-5-17-15(20)16(23)21-6-4-14(9-21)22-8-13(18-19-22)11-24-10-12-2-3-12/h5,7-8,12,14H,2-4,6,9-11H2,1H3. The number of carbonyl (C=O) groups excluding carboxylic acids is 1. The van der Waals surface area contributed by atoms with Crippen molar-refractivity contribution < 1.29 is 9.53 Å². The van der Waals surface area contributed by atoms with Crippen LogP contribution in [0.5, 0.6) is 0 Å². The second kappa shape index (κ2) is 6.35. The molecule has 2 aromatic rings. The summed E-state index contributed by atoms with van der Waals surface area (Å²) in [5.41, 5.74) is 0.851. The monoisotopic (exact) mass is 330 g/mol. The van der Waals surface area contributed by atoms with Crippen LogP contribution in [0.2, 0.25) is 0 Å². The van der Waals surface area contributed by atoms with Crippen LogP contribution in [0.3, 0.4) is 0 Å². The van der Waals surface area contributed by atoms with E-state index in [1.807, 2.05) is 22.8 Å². The number of ether oxygens (including phenoxy) is 1. The van der Waals surface area contributed by atoms with E-state index in [9.17, 15) is 4.79 Å². The zero-order valence-electron chi connectivity index (χ0n) is 13.8. The molecule has 2 aromatic heterocycles. The van der Waals surface area contributed by atoms with Crippen LogP contribution in [0.1, 0.15) is 41.6 Å². The summed E-state index contributed by atoms with van der Waals surface area (Å²) < 4.78 is 9.26. The summed E-state index contributed by atoms with van der Waals surface area (Å²) in [5.74, 6) is 1.20. The van der Waals surface area contributed by atoms with Gasteiger partial charge in [0.2, 0.25) is 0 Å². The molecule has 1 saturated heterocycles. The lowest BCUT2D eigenvalue weighted by Crippen LogP contribution is -2.31. The second-order valence-corrected chi connectivity index (χ2v) is 6.70. The predicted molar refractivity (Wildman–Crippen MR) is 85.2 cm³/mol. The molecule has 1 amide bonds. The first kappa shape index (κ1) is 15.3. The first-order chi connectivity index (χ1) is 11.7. The molecule has 128 valence electrons. The molecule has 0 radical (unpaired) electrons. The molecular weight excluding hydrogens is 308 g/mol. The molecule has 0 N–H and O–H groups in total. The van der Waals surface area contributed by atoms with Crippen molar-refractivity contribution >= 4 is 5.91 Å². The van der Waals surface area contributed by atoms with E-state index in [1.54, 1.807) is 17.0 Å². The number of aryl methyl sites for hydroxylation is 1. The lowest BCUT2D eigenvalue weighted by Gasteiger charge is -2.16. The number of amides is 1. The van der Waals surface area contributed by atoms with Crippen molar-refractivity contribution in [2.75, 3.05) is 19.7 Å². The van der Waals surface area contributed by atoms with Gasteiger partial charge in [0.05, 0.1) is 18.8 Å². The van der Waals surface area contributed by atoms with Crippen molar-refractivity contribution in [1.29, 1.82) is 0 Å². The van der Waals surface area contributed by atoms with Crippen molar-refractivity contribution in [3.63, 3.8) is 0 Å². The highest BCUT2D eigenvalue weighted by molar-refractivity contribution is 5.91. The minimum Gasteiger partial charge on any atom is -0.375 e. The Morgan fingerprint density at radius 3 is 3.00 bits per heavy atom. The predicted octanol–water partition coefficient (Wildman–Crippen LogP) is 1.03. The largest absolute Gasteiger partial charge is 0.375 e. The Hall–Kier alpha value is -2.22. The molecule has 1 atom stereocenters. The van der Waals surface area contributed by atoms with E-state index in [0.717, 1.165) is 24.6 Å². The lowest BCUT2D eigenvalue weighted by molar-refractivity contribution is 0.0771. The summed E-state index contributed by atoms with van der Waals surface area (Å²) >= 11 is 0. The normalized spacial score (nSPS) is 20.7. The molecule has 3 heterocycles. The van der Waals surface area contributed by atoms with Gasteiger partial charge in [0.15, 0.2) is 5.82 Å². The smallest absolute Gasteiger partial charge is 0.289 e. The summed E-state index contributed by atoms with van der Waals surface area (Å²) in [6, 6.07) is 0.166. The summed E-state index contributed by atoms with van der Waals surface area (Å²) in [4.78, 5) is 18.5. The quantitative estimate of drug-likeness (QED) is 0.790. The molecule has 0 aromatic carbocycles. The summed E-state index contributed by atoms with van der Waals surface area (Å²) in [7, 11) is 1.83. The highest BCUT2D eigenvalue weighted by Gasteiger charge is 2.30. The topological polar surface area (TPSA) is 78.1 Å². The Balaban J connectivity index is 1.33. The van der Waals surface area contributed by atoms with Gasteiger partial charge in [-0.25, -0.2) is 9.67 Å². The van der Waals surface area contributed by atoms with Crippen LogP contribution in [-0.2, 0) is 18.4 Å². The van der Waals surface area contributed by atoms with Crippen LogP contribution in [0, 0.1) is 5.92 Å². The SMILES string of the molecule is Cn1ccnc1C(=O)N1CCC(n2cc(COCC3CC3)nn2)C1. The minimum atomic E-state index is -0.0295. The summed E-state index contributed by atoms with van der Waals surface area (Å²) in [6.07, 6.45) is 8.82. The number of hydrogen-bond donors (Lipinski definition) is 0. The van der Waals surface area contributed by atoms with Crippen LogP contribution in [0.15, 0.2) is 18.6 Å². The van der Waals surface area contributed by atoms with Gasteiger partial charge in [0.25, 0.3) is 5.91 Å². The molecule has 1 aliphatic carbocycles. The molecule has 0 spiro atoms. The third-order valence-electron chi connectivity index (χ3n) is 4.70. The number of aromatic nitrogens is 5. The Labute approximate surface area is 140 Å². The van der Waals surface area contributed by atoms with Gasteiger partial charge in [0.1, 0.15) is 5.69 Å². The number of hydrogen-bond acceptors (Lipinski definition) is 5. The molecule has 4 rings (SSSR count). The first-order valence-electron chi connectivity index (χ1n) is 8.46. The highest BCUT2D eigenvalue weighted by Crippen LogP contribution is 2.29. The van der Waals surface area contributed by atoms with Gasteiger partial charge in [-0.3, -0.25) is 4.79 Å². The van der Waals surface area contributed by atoms with Crippen LogP contribution in [0.4, 0.5) is 0 Å². The zero-order chi connectivity index (χ0) is 16.5. The molecule has 24 heavy (non-hydrogen) atoms. The average molecular weight is 330 g/mol. The Morgan fingerprint density at radius 2 is 2.25 bits per heavy atom. The third-order valence-corrected chi connectivity index (χ3v) is 4.70. The van der Waals surface area contributed by atoms with Gasteiger partial charge in [-0.1, -0.05) is 5.21 Å². The van der Waals surface area contributed by atoms with E-state index in [-0.39, 0.29) is 11.9 Å². The van der Waals surface area contributed by atoms with E-state index >= 15 is 0 Å². The first-order valence-corrected chi connectivity index (χ1v) is 8.46. The Morgan fingerprint density at radius 1 is 1.38 bits per heavy atom. The van der Waals surface area contributed by atoms with Gasteiger partial charge < -0.3 is 14.2 Å². The maximum absolute atomic E-state index is 12.5. The Bertz CT molecular complexity index is 720. The number of imidazole rings is 1. The lowest BCUT2D eigenvalue weighted by atomic mass is 10.3. The van der Waals surface area contributed by atoms with Gasteiger partial charge >= 0.3 is 0 Å². The van der Waals surface area contributed by atoms with Crippen molar-refractivity contribution in [3.05, 3.63) is 30.1 Å². The van der Waals surface area contributed by atoms with Crippen LogP contribution < -0.4 is 0 Å².